The third kappa shape index (κ3) is 4.17. The van der Waals surface area contributed by atoms with Crippen LogP contribution in [0.5, 0.6) is 0 Å². The van der Waals surface area contributed by atoms with Gasteiger partial charge in [-0.25, -0.2) is 0 Å². The number of hydrogen-bond acceptors (Lipinski definition) is 1. The Labute approximate surface area is 122 Å². The van der Waals surface area contributed by atoms with Crippen molar-refractivity contribution in [2.75, 3.05) is 0 Å². The quantitative estimate of drug-likeness (QED) is 0.725. The molecule has 0 saturated carbocycles. The maximum absolute atomic E-state index is 12.5. The van der Waals surface area contributed by atoms with Crippen molar-refractivity contribution >= 4 is 13.5 Å². The molecule has 2 heteroatoms. The molecule has 0 amide bonds. The SMILES string of the molecule is C[Si](C)(Cc1ccccc1)C(=O)CCc1ccccc1. The van der Waals surface area contributed by atoms with Crippen molar-refractivity contribution in [2.45, 2.75) is 32.0 Å². The summed E-state index contributed by atoms with van der Waals surface area (Å²) in [6.07, 6.45) is 1.54. The van der Waals surface area contributed by atoms with Crippen LogP contribution < -0.4 is 0 Å². The molecular formula is C18H22OSi. The second-order valence-electron chi connectivity index (χ2n) is 5.96. The minimum absolute atomic E-state index is 0.477. The van der Waals surface area contributed by atoms with E-state index in [2.05, 4.69) is 37.4 Å². The zero-order chi connectivity index (χ0) is 14.4. The monoisotopic (exact) mass is 282 g/mol. The summed E-state index contributed by atoms with van der Waals surface area (Å²) < 4.78 is 0. The number of carbonyl (C=O) groups is 1. The van der Waals surface area contributed by atoms with Gasteiger partial charge in [0.2, 0.25) is 0 Å². The van der Waals surface area contributed by atoms with Crippen LogP contribution in [0, 0.1) is 0 Å². The van der Waals surface area contributed by atoms with E-state index in [4.69, 9.17) is 0 Å². The molecule has 0 aromatic heterocycles. The van der Waals surface area contributed by atoms with E-state index in [1.165, 1.54) is 11.1 Å². The summed E-state index contributed by atoms with van der Waals surface area (Å²) in [4.78, 5) is 12.5. The third-order valence-corrected chi connectivity index (χ3v) is 6.78. The Morgan fingerprint density at radius 1 is 0.850 bits per heavy atom. The molecule has 104 valence electrons. The van der Waals surface area contributed by atoms with E-state index in [9.17, 15) is 4.79 Å². The number of benzene rings is 2. The number of hydrogen-bond donors (Lipinski definition) is 0. The Hall–Kier alpha value is -1.67. The first-order valence-electron chi connectivity index (χ1n) is 7.19. The standard InChI is InChI=1S/C18H22OSi/c1-20(2,15-17-11-7-4-8-12-17)18(19)14-13-16-9-5-3-6-10-16/h3-12H,13-15H2,1-2H3. The lowest BCUT2D eigenvalue weighted by molar-refractivity contribution is -0.112. The Balaban J connectivity index is 1.93. The van der Waals surface area contributed by atoms with Crippen molar-refractivity contribution in [1.29, 1.82) is 0 Å². The van der Waals surface area contributed by atoms with Gasteiger partial charge in [0.25, 0.3) is 0 Å². The summed E-state index contributed by atoms with van der Waals surface area (Å²) in [5.74, 6) is 0. The molecule has 0 aliphatic heterocycles. The summed E-state index contributed by atoms with van der Waals surface area (Å²) in [6, 6.07) is 21.6. The van der Waals surface area contributed by atoms with Crippen molar-refractivity contribution < 1.29 is 4.79 Å². The van der Waals surface area contributed by atoms with Crippen LogP contribution in [0.2, 0.25) is 13.1 Å². The van der Waals surface area contributed by atoms with E-state index >= 15 is 0 Å². The number of rotatable bonds is 6. The van der Waals surface area contributed by atoms with Crippen LogP contribution in [0.3, 0.4) is 0 Å². The Morgan fingerprint density at radius 2 is 1.35 bits per heavy atom. The van der Waals surface area contributed by atoms with Crippen LogP contribution in [0.15, 0.2) is 60.7 Å². The van der Waals surface area contributed by atoms with Gasteiger partial charge >= 0.3 is 0 Å². The highest BCUT2D eigenvalue weighted by Gasteiger charge is 2.29. The van der Waals surface area contributed by atoms with Crippen LogP contribution in [0.1, 0.15) is 17.5 Å². The van der Waals surface area contributed by atoms with Gasteiger partial charge in [0, 0.05) is 6.42 Å². The highest BCUT2D eigenvalue weighted by molar-refractivity contribution is 7.03. The van der Waals surface area contributed by atoms with Gasteiger partial charge in [-0.3, -0.25) is 0 Å². The van der Waals surface area contributed by atoms with Crippen molar-refractivity contribution in [3.8, 4) is 0 Å². The predicted octanol–water partition coefficient (Wildman–Crippen LogP) is 4.22. The van der Waals surface area contributed by atoms with Gasteiger partial charge in [-0.15, -0.1) is 0 Å². The number of aryl methyl sites for hydroxylation is 1. The van der Waals surface area contributed by atoms with Gasteiger partial charge in [-0.2, -0.15) is 0 Å². The average Bonchev–Trinajstić information content (AvgIpc) is 2.46. The fourth-order valence-electron chi connectivity index (χ4n) is 2.45. The molecule has 20 heavy (non-hydrogen) atoms. The molecule has 0 heterocycles. The van der Waals surface area contributed by atoms with Crippen molar-refractivity contribution in [3.05, 3.63) is 71.8 Å². The molecular weight excluding hydrogens is 260 g/mol. The average molecular weight is 282 g/mol. The topological polar surface area (TPSA) is 17.1 Å². The van der Waals surface area contributed by atoms with Crippen LogP contribution in [0.25, 0.3) is 0 Å². The van der Waals surface area contributed by atoms with E-state index in [-0.39, 0.29) is 0 Å². The van der Waals surface area contributed by atoms with Gasteiger partial charge in [-0.05, 0) is 18.0 Å². The molecule has 0 radical (unpaired) electrons. The van der Waals surface area contributed by atoms with E-state index in [0.29, 0.717) is 11.8 Å². The molecule has 0 atom stereocenters. The molecule has 0 saturated heterocycles. The second-order valence-corrected chi connectivity index (χ2v) is 10.6. The molecule has 0 bridgehead atoms. The molecule has 0 N–H and O–H groups in total. The minimum atomic E-state index is -1.84. The molecule has 0 aliphatic carbocycles. The zero-order valence-electron chi connectivity index (χ0n) is 12.3. The van der Waals surface area contributed by atoms with Gasteiger partial charge < -0.3 is 4.79 Å². The summed E-state index contributed by atoms with van der Waals surface area (Å²) >= 11 is 0. The lowest BCUT2D eigenvalue weighted by Gasteiger charge is -2.20. The summed E-state index contributed by atoms with van der Waals surface area (Å²) in [5.41, 5.74) is 2.54. The van der Waals surface area contributed by atoms with Gasteiger partial charge in [0.1, 0.15) is 13.5 Å². The van der Waals surface area contributed by atoms with Crippen LogP contribution in [-0.2, 0) is 17.3 Å². The van der Waals surface area contributed by atoms with Crippen LogP contribution >= 0.6 is 0 Å². The Kier molecular flexibility index (Phi) is 4.91. The second kappa shape index (κ2) is 6.66. The van der Waals surface area contributed by atoms with Crippen molar-refractivity contribution in [1.82, 2.24) is 0 Å². The molecule has 2 aromatic carbocycles. The normalized spacial score (nSPS) is 11.3. The molecule has 1 nitrogen and oxygen atoms in total. The summed E-state index contributed by atoms with van der Waals surface area (Å²) in [7, 11) is -1.84. The van der Waals surface area contributed by atoms with E-state index < -0.39 is 8.07 Å². The fourth-order valence-corrected chi connectivity index (χ4v) is 4.70. The molecule has 0 unspecified atom stereocenters. The Bertz CT molecular complexity index is 546. The molecule has 2 aromatic rings. The zero-order valence-corrected chi connectivity index (χ0v) is 13.3. The molecule has 0 spiro atoms. The van der Waals surface area contributed by atoms with Crippen LogP contribution in [-0.4, -0.2) is 13.5 Å². The first-order valence-corrected chi connectivity index (χ1v) is 10.4. The van der Waals surface area contributed by atoms with E-state index in [0.717, 1.165) is 12.5 Å². The van der Waals surface area contributed by atoms with Crippen molar-refractivity contribution in [2.24, 2.45) is 0 Å². The lowest BCUT2D eigenvalue weighted by Crippen LogP contribution is -2.40. The lowest BCUT2D eigenvalue weighted by atomic mass is 10.1. The smallest absolute Gasteiger partial charge is 0.131 e. The minimum Gasteiger partial charge on any atom is -0.305 e. The first kappa shape index (κ1) is 14.7. The predicted molar refractivity (Wildman–Crippen MR) is 87.4 cm³/mol. The third-order valence-electron chi connectivity index (χ3n) is 3.73. The molecule has 0 aliphatic rings. The van der Waals surface area contributed by atoms with E-state index in [1.54, 1.807) is 0 Å². The van der Waals surface area contributed by atoms with Gasteiger partial charge in [-0.1, -0.05) is 79.3 Å². The summed E-state index contributed by atoms with van der Waals surface area (Å²) in [6.45, 7) is 4.38. The van der Waals surface area contributed by atoms with Crippen LogP contribution in [0.4, 0.5) is 0 Å². The molecule has 0 fully saturated rings. The largest absolute Gasteiger partial charge is 0.305 e. The van der Waals surface area contributed by atoms with Gasteiger partial charge in [0.05, 0.1) is 0 Å². The fraction of sp³-hybridized carbons (Fsp3) is 0.278. The maximum atomic E-state index is 12.5. The number of carbonyl (C=O) groups excluding carboxylic acids is 1. The van der Waals surface area contributed by atoms with Crippen molar-refractivity contribution in [3.63, 3.8) is 0 Å². The maximum Gasteiger partial charge on any atom is 0.131 e. The first-order chi connectivity index (χ1) is 9.58. The van der Waals surface area contributed by atoms with E-state index in [1.807, 2.05) is 36.4 Å². The highest BCUT2D eigenvalue weighted by Crippen LogP contribution is 2.16. The Morgan fingerprint density at radius 3 is 1.90 bits per heavy atom. The summed E-state index contributed by atoms with van der Waals surface area (Å²) in [5, 5.41) is 0.477. The highest BCUT2D eigenvalue weighted by atomic mass is 28.3. The van der Waals surface area contributed by atoms with Gasteiger partial charge in [0.15, 0.2) is 0 Å². The molecule has 2 rings (SSSR count).